The largest absolute Gasteiger partial charge is 0.488 e. The van der Waals surface area contributed by atoms with Crippen molar-refractivity contribution in [3.05, 3.63) is 192 Å². The number of ether oxygens (including phenoxy) is 1. The first-order valence-electron chi connectivity index (χ1n) is 18.7. The summed E-state index contributed by atoms with van der Waals surface area (Å²) in [5.74, 6) is 0.737. The average molecular weight is 722 g/mol. The number of aromatic nitrogens is 5. The van der Waals surface area contributed by atoms with Crippen LogP contribution in [0.4, 0.5) is 0 Å². The lowest BCUT2D eigenvalue weighted by Gasteiger charge is -2.13. The summed E-state index contributed by atoms with van der Waals surface area (Å²) in [6.07, 6.45) is 12.0. The van der Waals surface area contributed by atoms with Gasteiger partial charge in [-0.1, -0.05) is 115 Å². The number of hydrogen-bond acceptors (Lipinski definition) is 4. The highest BCUT2D eigenvalue weighted by atomic mass is 16.5. The van der Waals surface area contributed by atoms with E-state index < -0.39 is 0 Å². The summed E-state index contributed by atoms with van der Waals surface area (Å²) >= 11 is 0. The predicted molar refractivity (Wildman–Crippen MR) is 229 cm³/mol. The van der Waals surface area contributed by atoms with Crippen LogP contribution < -0.4 is 4.74 Å². The molecule has 56 heavy (non-hydrogen) atoms. The number of aromatic amines is 2. The number of para-hydroxylation sites is 1. The number of fused-ring (bicyclic) bond motifs is 8. The van der Waals surface area contributed by atoms with E-state index in [1.807, 2.05) is 48.7 Å². The number of benzene rings is 4. The maximum absolute atomic E-state index is 6.54. The van der Waals surface area contributed by atoms with Gasteiger partial charge in [0.2, 0.25) is 0 Å². The molecule has 6 heteroatoms. The Morgan fingerprint density at radius 3 is 1.36 bits per heavy atom. The molecule has 0 fully saturated rings. The van der Waals surface area contributed by atoms with Crippen molar-refractivity contribution in [3.8, 4) is 50.3 Å². The molecule has 2 N–H and O–H groups in total. The first kappa shape index (κ1) is 33.0. The molecule has 0 amide bonds. The van der Waals surface area contributed by atoms with Crippen LogP contribution in [0.3, 0.4) is 0 Å². The normalized spacial score (nSPS) is 11.9. The third kappa shape index (κ3) is 6.19. The molecule has 8 bridgehead atoms. The van der Waals surface area contributed by atoms with Crippen molar-refractivity contribution in [3.63, 3.8) is 0 Å². The van der Waals surface area contributed by atoms with E-state index in [1.165, 1.54) is 0 Å². The van der Waals surface area contributed by atoms with E-state index in [4.69, 9.17) is 14.7 Å². The smallest absolute Gasteiger partial charge is 0.127 e. The number of H-pyrrole nitrogens is 2. The van der Waals surface area contributed by atoms with Crippen LogP contribution in [0.1, 0.15) is 28.3 Å². The molecule has 0 saturated heterocycles. The minimum Gasteiger partial charge on any atom is -0.488 e. The quantitative estimate of drug-likeness (QED) is 0.172. The molecule has 0 atom stereocenters. The van der Waals surface area contributed by atoms with Gasteiger partial charge in [0, 0.05) is 67.8 Å². The maximum atomic E-state index is 6.54. The van der Waals surface area contributed by atoms with Crippen LogP contribution in [-0.2, 0) is 6.61 Å². The van der Waals surface area contributed by atoms with E-state index in [0.717, 1.165) is 101 Å². The van der Waals surface area contributed by atoms with Crippen molar-refractivity contribution in [1.82, 2.24) is 24.9 Å². The summed E-state index contributed by atoms with van der Waals surface area (Å²) in [4.78, 5) is 22.8. The van der Waals surface area contributed by atoms with Crippen molar-refractivity contribution < 1.29 is 4.74 Å². The summed E-state index contributed by atoms with van der Waals surface area (Å²) < 4.78 is 6.54. The highest BCUT2D eigenvalue weighted by Crippen LogP contribution is 2.40. The van der Waals surface area contributed by atoms with Crippen molar-refractivity contribution in [2.45, 2.75) is 6.61 Å². The summed E-state index contributed by atoms with van der Waals surface area (Å²) in [7, 11) is 0. The monoisotopic (exact) mass is 721 g/mol. The van der Waals surface area contributed by atoms with Gasteiger partial charge in [0.25, 0.3) is 0 Å². The Labute approximate surface area is 324 Å². The number of pyridine rings is 1. The molecule has 6 heterocycles. The molecule has 0 unspecified atom stereocenters. The van der Waals surface area contributed by atoms with Crippen molar-refractivity contribution in [2.75, 3.05) is 0 Å². The molecule has 2 aliphatic rings. The second-order valence-electron chi connectivity index (χ2n) is 13.7. The minimum atomic E-state index is 0.377. The molecule has 6 nitrogen and oxygen atoms in total. The van der Waals surface area contributed by atoms with Gasteiger partial charge in [-0.3, -0.25) is 4.98 Å². The van der Waals surface area contributed by atoms with E-state index in [2.05, 4.69) is 148 Å². The molecule has 0 spiro atoms. The fraction of sp³-hybridized carbons (Fsp3) is 0.0200. The van der Waals surface area contributed by atoms with Gasteiger partial charge in [-0.25, -0.2) is 9.97 Å². The summed E-state index contributed by atoms with van der Waals surface area (Å²) in [6.45, 7) is 0.377. The Bertz CT molecular complexity index is 2810. The van der Waals surface area contributed by atoms with Gasteiger partial charge in [-0.15, -0.1) is 0 Å². The molecule has 0 radical (unpaired) electrons. The molecule has 10 rings (SSSR count). The lowest BCUT2D eigenvalue weighted by molar-refractivity contribution is 0.307. The highest BCUT2D eigenvalue weighted by molar-refractivity contribution is 6.00. The van der Waals surface area contributed by atoms with E-state index >= 15 is 0 Å². The SMILES string of the molecule is C1=Cc2nc1c(-c1ccccc1OCc1cccnc1)c1nc(c(-c3ccccc3)c3ccc([nH]3)c(-c3ccccc3)c3ccc([nH]3)c2-c2ccccc2)C=C1. The Morgan fingerprint density at radius 1 is 0.411 bits per heavy atom. The Kier molecular flexibility index (Phi) is 8.46. The molecule has 266 valence electrons. The topological polar surface area (TPSA) is 79.5 Å². The van der Waals surface area contributed by atoms with Gasteiger partial charge in [0.1, 0.15) is 12.4 Å². The van der Waals surface area contributed by atoms with Crippen LogP contribution in [0.5, 0.6) is 5.75 Å². The van der Waals surface area contributed by atoms with Gasteiger partial charge in [0.15, 0.2) is 0 Å². The van der Waals surface area contributed by atoms with Gasteiger partial charge >= 0.3 is 0 Å². The van der Waals surface area contributed by atoms with Crippen molar-refractivity contribution >= 4 is 46.4 Å². The Morgan fingerprint density at radius 2 is 0.857 bits per heavy atom. The van der Waals surface area contributed by atoms with E-state index in [9.17, 15) is 0 Å². The summed E-state index contributed by atoms with van der Waals surface area (Å²) in [5.41, 5.74) is 16.3. The van der Waals surface area contributed by atoms with Gasteiger partial charge in [0.05, 0.1) is 22.8 Å². The zero-order valence-corrected chi connectivity index (χ0v) is 30.4. The van der Waals surface area contributed by atoms with Gasteiger partial charge in [-0.2, -0.15) is 0 Å². The average Bonchev–Trinajstić information content (AvgIpc) is 4.10. The minimum absolute atomic E-state index is 0.377. The second-order valence-corrected chi connectivity index (χ2v) is 13.7. The fourth-order valence-corrected chi connectivity index (χ4v) is 7.66. The molecule has 4 aromatic heterocycles. The van der Waals surface area contributed by atoms with Crippen molar-refractivity contribution in [1.29, 1.82) is 0 Å². The molecule has 0 saturated carbocycles. The summed E-state index contributed by atoms with van der Waals surface area (Å²) in [5, 5.41) is 0. The van der Waals surface area contributed by atoms with Crippen LogP contribution in [0.25, 0.3) is 90.9 Å². The van der Waals surface area contributed by atoms with Crippen LogP contribution in [-0.4, -0.2) is 24.9 Å². The molecule has 0 aliphatic carbocycles. The highest BCUT2D eigenvalue weighted by Gasteiger charge is 2.21. The van der Waals surface area contributed by atoms with Crippen molar-refractivity contribution in [2.24, 2.45) is 0 Å². The third-order valence-corrected chi connectivity index (χ3v) is 10.2. The maximum Gasteiger partial charge on any atom is 0.127 e. The fourth-order valence-electron chi connectivity index (χ4n) is 7.66. The molecule has 4 aromatic carbocycles. The number of nitrogens with zero attached hydrogens (tertiary/aromatic N) is 3. The lowest BCUT2D eigenvalue weighted by Crippen LogP contribution is -1.99. The number of rotatable bonds is 7. The van der Waals surface area contributed by atoms with Crippen LogP contribution in [0.15, 0.2) is 164 Å². The first-order chi connectivity index (χ1) is 27.8. The van der Waals surface area contributed by atoms with E-state index in [1.54, 1.807) is 6.20 Å². The van der Waals surface area contributed by atoms with Gasteiger partial charge in [-0.05, 0) is 77.4 Å². The van der Waals surface area contributed by atoms with Crippen LogP contribution >= 0.6 is 0 Å². The number of nitrogens with one attached hydrogen (secondary N) is 2. The van der Waals surface area contributed by atoms with Crippen LogP contribution in [0, 0.1) is 0 Å². The van der Waals surface area contributed by atoms with Crippen LogP contribution in [0.2, 0.25) is 0 Å². The van der Waals surface area contributed by atoms with Gasteiger partial charge < -0.3 is 14.7 Å². The second kappa shape index (κ2) is 14.3. The van der Waals surface area contributed by atoms with E-state index in [-0.39, 0.29) is 0 Å². The number of hydrogen-bond donors (Lipinski definition) is 2. The zero-order valence-electron chi connectivity index (χ0n) is 30.4. The third-order valence-electron chi connectivity index (χ3n) is 10.2. The van der Waals surface area contributed by atoms with E-state index in [0.29, 0.717) is 6.61 Å². The Hall–Kier alpha value is -7.57. The molecular formula is C50H35N5O. The summed E-state index contributed by atoms with van der Waals surface area (Å²) in [6, 6.07) is 52.2. The standard InChI is InChI=1S/C50H35N5O/c1-4-14-34(15-5-1)47-38-22-24-40(52-38)48(35-16-6-2-7-17-35)42-26-28-44(54-42)50(37-20-10-11-21-46(37)56-32-33-13-12-30-51-31-33)45-29-27-43(55-45)49(36-18-8-3-9-19-36)41-25-23-39(47)53-41/h1-31,52-53H,32H2. The molecular weight excluding hydrogens is 687 g/mol. The zero-order chi connectivity index (χ0) is 37.3. The molecule has 8 aromatic rings. The lowest BCUT2D eigenvalue weighted by atomic mass is 10.0. The predicted octanol–water partition coefficient (Wildman–Crippen LogP) is 12.3. The Balaban J connectivity index is 1.33. The molecule has 2 aliphatic heterocycles. The first-order valence-corrected chi connectivity index (χ1v) is 18.7.